The van der Waals surface area contributed by atoms with E-state index in [1.54, 1.807) is 30.3 Å². The third-order valence-corrected chi connectivity index (χ3v) is 5.25. The van der Waals surface area contributed by atoms with Crippen LogP contribution in [-0.4, -0.2) is 13.4 Å². The third-order valence-electron chi connectivity index (χ3n) is 3.50. The van der Waals surface area contributed by atoms with Crippen LogP contribution in [0.25, 0.3) is 0 Å². The summed E-state index contributed by atoms with van der Waals surface area (Å²) in [4.78, 5) is 4.12. The molecule has 3 aromatic rings. The van der Waals surface area contributed by atoms with Crippen molar-refractivity contribution in [3.8, 4) is 0 Å². The Hall–Kier alpha value is -2.67. The first kappa shape index (κ1) is 16.2. The second-order valence-electron chi connectivity index (χ2n) is 5.19. The van der Waals surface area contributed by atoms with Crippen LogP contribution in [0.4, 0.5) is 10.2 Å². The van der Waals surface area contributed by atoms with Crippen molar-refractivity contribution in [2.24, 2.45) is 0 Å². The topological polar surface area (TPSA) is 63.4 Å². The molecule has 2 heterocycles. The molecule has 0 radical (unpaired) electrons. The van der Waals surface area contributed by atoms with Gasteiger partial charge >= 0.3 is 0 Å². The summed E-state index contributed by atoms with van der Waals surface area (Å²) < 4.78 is 46.0. The Bertz CT molecular complexity index is 926. The zero-order valence-corrected chi connectivity index (χ0v) is 13.7. The number of hydrogen-bond acceptors (Lipinski definition) is 4. The average Bonchev–Trinajstić information content (AvgIpc) is 3.09. The van der Waals surface area contributed by atoms with Gasteiger partial charge in [-0.2, -0.15) is 0 Å². The second-order valence-corrected chi connectivity index (χ2v) is 7.05. The fourth-order valence-electron chi connectivity index (χ4n) is 2.24. The van der Waals surface area contributed by atoms with Gasteiger partial charge in [-0.05, 0) is 55.0 Å². The Balaban J connectivity index is 2.08. The largest absolute Gasteiger partial charge is 0.467 e. The van der Waals surface area contributed by atoms with E-state index in [9.17, 15) is 12.8 Å². The van der Waals surface area contributed by atoms with Gasteiger partial charge in [-0.3, -0.25) is 0 Å². The summed E-state index contributed by atoms with van der Waals surface area (Å²) in [5.74, 6) is 0.281. The fourth-order valence-corrected chi connectivity index (χ4v) is 3.71. The summed E-state index contributed by atoms with van der Waals surface area (Å²) in [5.41, 5.74) is 0.259. The zero-order valence-electron chi connectivity index (χ0n) is 12.9. The highest BCUT2D eigenvalue weighted by molar-refractivity contribution is 7.92. The van der Waals surface area contributed by atoms with Gasteiger partial charge in [0.1, 0.15) is 17.4 Å². The number of pyridine rings is 1. The van der Waals surface area contributed by atoms with Gasteiger partial charge < -0.3 is 4.42 Å². The molecule has 0 unspecified atom stereocenters. The number of benzene rings is 1. The van der Waals surface area contributed by atoms with Crippen LogP contribution in [0.1, 0.15) is 11.3 Å². The number of nitrogens with zero attached hydrogens (tertiary/aromatic N) is 2. The average molecular weight is 346 g/mol. The smallest absolute Gasteiger partial charge is 0.265 e. The Labute approximate surface area is 139 Å². The van der Waals surface area contributed by atoms with Crippen molar-refractivity contribution >= 4 is 15.8 Å². The number of anilines is 1. The van der Waals surface area contributed by atoms with E-state index in [0.717, 1.165) is 10.4 Å². The van der Waals surface area contributed by atoms with E-state index < -0.39 is 15.8 Å². The Morgan fingerprint density at radius 2 is 2.00 bits per heavy atom. The first-order chi connectivity index (χ1) is 11.5. The van der Waals surface area contributed by atoms with Gasteiger partial charge in [0.2, 0.25) is 0 Å². The minimum absolute atomic E-state index is 0.00129. The van der Waals surface area contributed by atoms with E-state index in [0.29, 0.717) is 5.76 Å². The molecule has 3 rings (SSSR count). The summed E-state index contributed by atoms with van der Waals surface area (Å²) in [6.07, 6.45) is 2.98. The van der Waals surface area contributed by atoms with Crippen molar-refractivity contribution < 1.29 is 17.2 Å². The molecule has 0 aliphatic carbocycles. The predicted octanol–water partition coefficient (Wildman–Crippen LogP) is 3.52. The molecule has 1 aromatic carbocycles. The zero-order chi connectivity index (χ0) is 17.2. The first-order valence-electron chi connectivity index (χ1n) is 7.21. The van der Waals surface area contributed by atoms with Crippen LogP contribution >= 0.6 is 0 Å². The minimum atomic E-state index is -3.93. The molecule has 0 spiro atoms. The highest BCUT2D eigenvalue weighted by Gasteiger charge is 2.27. The van der Waals surface area contributed by atoms with E-state index in [2.05, 4.69) is 4.98 Å². The number of aromatic nitrogens is 1. The number of sulfonamides is 1. The summed E-state index contributed by atoms with van der Waals surface area (Å²) in [6, 6.07) is 12.1. The first-order valence-corrected chi connectivity index (χ1v) is 8.65. The molecule has 2 aromatic heterocycles. The van der Waals surface area contributed by atoms with Crippen molar-refractivity contribution in [3.05, 3.63) is 78.1 Å². The Morgan fingerprint density at radius 1 is 1.17 bits per heavy atom. The molecule has 0 fully saturated rings. The van der Waals surface area contributed by atoms with E-state index in [1.807, 2.05) is 0 Å². The molecule has 0 bridgehead atoms. The minimum Gasteiger partial charge on any atom is -0.467 e. The molecule has 0 atom stereocenters. The SMILES string of the molecule is Cc1cc(S(=O)(=O)N(Cc2ccco2)c2ccccn2)ccc1F. The van der Waals surface area contributed by atoms with Gasteiger partial charge in [0.15, 0.2) is 0 Å². The number of aryl methyl sites for hydroxylation is 1. The fraction of sp³-hybridized carbons (Fsp3) is 0.118. The lowest BCUT2D eigenvalue weighted by atomic mass is 10.2. The summed E-state index contributed by atoms with van der Waals surface area (Å²) in [7, 11) is -3.93. The molecule has 0 aliphatic rings. The van der Waals surface area contributed by atoms with Gasteiger partial charge in [0.25, 0.3) is 10.0 Å². The molecule has 124 valence electrons. The molecule has 0 N–H and O–H groups in total. The normalized spacial score (nSPS) is 11.4. The molecule has 5 nitrogen and oxygen atoms in total. The third kappa shape index (κ3) is 3.16. The van der Waals surface area contributed by atoms with Crippen LogP contribution in [0.15, 0.2) is 70.3 Å². The number of halogens is 1. The Morgan fingerprint density at radius 3 is 2.62 bits per heavy atom. The lowest BCUT2D eigenvalue weighted by Gasteiger charge is -2.22. The van der Waals surface area contributed by atoms with Crippen molar-refractivity contribution in [2.75, 3.05) is 4.31 Å². The summed E-state index contributed by atoms with van der Waals surface area (Å²) in [6.45, 7) is 1.51. The Kier molecular flexibility index (Phi) is 4.35. The van der Waals surface area contributed by atoms with E-state index in [4.69, 9.17) is 4.42 Å². The highest BCUT2D eigenvalue weighted by atomic mass is 32.2. The predicted molar refractivity (Wildman–Crippen MR) is 87.5 cm³/mol. The van der Waals surface area contributed by atoms with E-state index in [-0.39, 0.29) is 22.8 Å². The van der Waals surface area contributed by atoms with Gasteiger partial charge in [-0.1, -0.05) is 6.07 Å². The number of furan rings is 1. The van der Waals surface area contributed by atoms with Gasteiger partial charge in [0.05, 0.1) is 17.7 Å². The lowest BCUT2D eigenvalue weighted by molar-refractivity contribution is 0.508. The summed E-state index contributed by atoms with van der Waals surface area (Å²) in [5, 5.41) is 0. The van der Waals surface area contributed by atoms with Crippen molar-refractivity contribution in [3.63, 3.8) is 0 Å². The van der Waals surface area contributed by atoms with Crippen molar-refractivity contribution in [2.45, 2.75) is 18.4 Å². The van der Waals surface area contributed by atoms with Crippen molar-refractivity contribution in [1.82, 2.24) is 4.98 Å². The molecular formula is C17H15FN2O3S. The lowest BCUT2D eigenvalue weighted by Crippen LogP contribution is -2.31. The quantitative estimate of drug-likeness (QED) is 0.709. The van der Waals surface area contributed by atoms with Crippen LogP contribution in [0.5, 0.6) is 0 Å². The highest BCUT2D eigenvalue weighted by Crippen LogP contribution is 2.25. The van der Waals surface area contributed by atoms with Crippen molar-refractivity contribution in [1.29, 1.82) is 0 Å². The van der Waals surface area contributed by atoms with Crippen LogP contribution in [0, 0.1) is 12.7 Å². The standard InChI is InChI=1S/C17H15FN2O3S/c1-13-11-15(7-8-16(13)18)24(21,22)20(12-14-5-4-10-23-14)17-6-2-3-9-19-17/h2-11H,12H2,1H3. The molecule has 7 heteroatoms. The maximum absolute atomic E-state index is 13.5. The number of rotatable bonds is 5. The molecular weight excluding hydrogens is 331 g/mol. The van der Waals surface area contributed by atoms with Gasteiger partial charge in [-0.15, -0.1) is 0 Å². The molecule has 0 saturated heterocycles. The molecule has 0 amide bonds. The van der Waals surface area contributed by atoms with Crippen LogP contribution in [0.3, 0.4) is 0 Å². The van der Waals surface area contributed by atoms with Gasteiger partial charge in [-0.25, -0.2) is 22.1 Å². The molecule has 0 saturated carbocycles. The second kappa shape index (κ2) is 6.45. The maximum Gasteiger partial charge on any atom is 0.265 e. The van der Waals surface area contributed by atoms with Crippen LogP contribution < -0.4 is 4.31 Å². The van der Waals surface area contributed by atoms with Crippen LogP contribution in [-0.2, 0) is 16.6 Å². The monoisotopic (exact) mass is 346 g/mol. The summed E-state index contributed by atoms with van der Waals surface area (Å²) >= 11 is 0. The van der Waals surface area contributed by atoms with Crippen LogP contribution in [0.2, 0.25) is 0 Å². The molecule has 0 aliphatic heterocycles. The van der Waals surface area contributed by atoms with E-state index in [1.165, 1.54) is 31.5 Å². The molecule has 24 heavy (non-hydrogen) atoms. The van der Waals surface area contributed by atoms with E-state index >= 15 is 0 Å². The number of hydrogen-bond donors (Lipinski definition) is 0. The maximum atomic E-state index is 13.5. The van der Waals surface area contributed by atoms with Gasteiger partial charge in [0, 0.05) is 6.20 Å².